The average Bonchev–Trinajstić information content (AvgIpc) is 2.82. The molecule has 1 unspecified atom stereocenters. The average molecular weight is 506 g/mol. The lowest BCUT2D eigenvalue weighted by Crippen LogP contribution is -2.17. The largest absolute Gasteiger partial charge is 0.394 e. The number of carbonyl (C=O) groups excluding carboxylic acids is 2. The van der Waals surface area contributed by atoms with Crippen LogP contribution in [0.5, 0.6) is 0 Å². The van der Waals surface area contributed by atoms with Crippen LogP contribution >= 0.6 is 15.9 Å². The number of amides is 2. The van der Waals surface area contributed by atoms with Gasteiger partial charge in [0.1, 0.15) is 12.1 Å². The standard InChI is InChI=1S/C24H20BrN5O3/c25-16-9-7-14(8-10-16)24(33)29-17-4-1-3-15(11-17)20(12-31)30-23-19-6-2-5-18(22(26)32)21(19)27-13-28-23/h1-11,13,20,31H,12H2,(H2,26,32)(H,29,33)(H,27,28,30). The quantitative estimate of drug-likeness (QED) is 0.301. The minimum atomic E-state index is -0.585. The van der Waals surface area contributed by atoms with Crippen molar-refractivity contribution >= 4 is 50.2 Å². The maximum Gasteiger partial charge on any atom is 0.255 e. The van der Waals surface area contributed by atoms with E-state index in [1.807, 2.05) is 6.07 Å². The maximum atomic E-state index is 12.6. The topological polar surface area (TPSA) is 130 Å². The molecule has 0 spiro atoms. The number of aromatic nitrogens is 2. The lowest BCUT2D eigenvalue weighted by atomic mass is 10.1. The predicted octanol–water partition coefficient (Wildman–Crippen LogP) is 3.89. The van der Waals surface area contributed by atoms with Gasteiger partial charge < -0.3 is 21.5 Å². The molecule has 166 valence electrons. The summed E-state index contributed by atoms with van der Waals surface area (Å²) in [4.78, 5) is 32.8. The molecule has 0 fully saturated rings. The van der Waals surface area contributed by atoms with Gasteiger partial charge in [0.25, 0.3) is 11.8 Å². The van der Waals surface area contributed by atoms with Crippen LogP contribution in [0.15, 0.2) is 77.5 Å². The molecule has 5 N–H and O–H groups in total. The Kier molecular flexibility index (Phi) is 6.62. The molecule has 33 heavy (non-hydrogen) atoms. The van der Waals surface area contributed by atoms with Crippen LogP contribution in [-0.4, -0.2) is 33.5 Å². The number of para-hydroxylation sites is 1. The van der Waals surface area contributed by atoms with Crippen molar-refractivity contribution in [2.24, 2.45) is 5.73 Å². The summed E-state index contributed by atoms with van der Waals surface area (Å²) in [5, 5.41) is 16.7. The van der Waals surface area contributed by atoms with Gasteiger partial charge in [-0.25, -0.2) is 9.97 Å². The number of carbonyl (C=O) groups is 2. The van der Waals surface area contributed by atoms with E-state index in [1.165, 1.54) is 6.33 Å². The summed E-state index contributed by atoms with van der Waals surface area (Å²) in [6, 6.07) is 18.8. The molecule has 8 nitrogen and oxygen atoms in total. The molecule has 1 atom stereocenters. The van der Waals surface area contributed by atoms with E-state index in [4.69, 9.17) is 5.73 Å². The Balaban J connectivity index is 1.59. The van der Waals surface area contributed by atoms with Gasteiger partial charge in [0.15, 0.2) is 0 Å². The van der Waals surface area contributed by atoms with Crippen LogP contribution in [0, 0.1) is 0 Å². The van der Waals surface area contributed by atoms with Gasteiger partial charge in [0.05, 0.1) is 23.7 Å². The molecule has 4 aromatic rings. The summed E-state index contributed by atoms with van der Waals surface area (Å²) >= 11 is 3.35. The molecule has 0 aliphatic carbocycles. The molecule has 9 heteroatoms. The number of nitrogens with one attached hydrogen (secondary N) is 2. The lowest BCUT2D eigenvalue weighted by molar-refractivity contribution is 0.0998. The molecule has 0 radical (unpaired) electrons. The first-order valence-electron chi connectivity index (χ1n) is 10.0. The number of hydrogen-bond donors (Lipinski definition) is 4. The SMILES string of the molecule is NC(=O)c1cccc2c(NC(CO)c3cccc(NC(=O)c4ccc(Br)cc4)c3)ncnc12. The zero-order chi connectivity index (χ0) is 23.4. The van der Waals surface area contributed by atoms with Crippen molar-refractivity contribution < 1.29 is 14.7 Å². The van der Waals surface area contributed by atoms with Crippen LogP contribution in [0.2, 0.25) is 0 Å². The number of rotatable bonds is 7. The van der Waals surface area contributed by atoms with Crippen molar-refractivity contribution in [3.05, 3.63) is 94.2 Å². The molecule has 0 bridgehead atoms. The van der Waals surface area contributed by atoms with E-state index >= 15 is 0 Å². The number of nitrogens with zero attached hydrogens (tertiary/aromatic N) is 2. The summed E-state index contributed by atoms with van der Waals surface area (Å²) in [5.41, 5.74) is 8.02. The number of anilines is 2. The monoisotopic (exact) mass is 505 g/mol. The number of halogens is 1. The van der Waals surface area contributed by atoms with Crippen LogP contribution < -0.4 is 16.4 Å². The maximum absolute atomic E-state index is 12.6. The summed E-state index contributed by atoms with van der Waals surface area (Å²) in [6.07, 6.45) is 1.33. The smallest absolute Gasteiger partial charge is 0.255 e. The van der Waals surface area contributed by atoms with Crippen LogP contribution in [-0.2, 0) is 0 Å². The lowest BCUT2D eigenvalue weighted by Gasteiger charge is -2.19. The van der Waals surface area contributed by atoms with Crippen molar-refractivity contribution in [1.82, 2.24) is 9.97 Å². The third-order valence-electron chi connectivity index (χ3n) is 5.08. The number of aliphatic hydroxyl groups excluding tert-OH is 1. The van der Waals surface area contributed by atoms with Gasteiger partial charge in [-0.2, -0.15) is 0 Å². The van der Waals surface area contributed by atoms with E-state index in [-0.39, 0.29) is 18.1 Å². The van der Waals surface area contributed by atoms with Crippen molar-refractivity contribution in [3.63, 3.8) is 0 Å². The Hall–Kier alpha value is -3.82. The highest BCUT2D eigenvalue weighted by Gasteiger charge is 2.16. The molecule has 3 aromatic carbocycles. The fourth-order valence-corrected chi connectivity index (χ4v) is 3.70. The van der Waals surface area contributed by atoms with Crippen LogP contribution in [0.4, 0.5) is 11.5 Å². The van der Waals surface area contributed by atoms with Crippen LogP contribution in [0.25, 0.3) is 10.9 Å². The molecule has 0 aliphatic heterocycles. The second kappa shape index (κ2) is 9.76. The van der Waals surface area contributed by atoms with Crippen molar-refractivity contribution in [2.45, 2.75) is 6.04 Å². The van der Waals surface area contributed by atoms with E-state index in [1.54, 1.807) is 60.7 Å². The molecule has 1 aromatic heterocycles. The van der Waals surface area contributed by atoms with Gasteiger partial charge in [0.2, 0.25) is 0 Å². The molecular formula is C24H20BrN5O3. The molecule has 0 saturated carbocycles. The second-order valence-corrected chi connectivity index (χ2v) is 8.17. The molecular weight excluding hydrogens is 486 g/mol. The van der Waals surface area contributed by atoms with Crippen LogP contribution in [0.1, 0.15) is 32.3 Å². The van der Waals surface area contributed by atoms with Gasteiger partial charge in [-0.1, -0.05) is 34.1 Å². The summed E-state index contributed by atoms with van der Waals surface area (Å²) in [6.45, 7) is -0.231. The number of primary amides is 1. The zero-order valence-corrected chi connectivity index (χ0v) is 18.9. The van der Waals surface area contributed by atoms with Gasteiger partial charge in [-0.15, -0.1) is 0 Å². The van der Waals surface area contributed by atoms with Crippen LogP contribution in [0.3, 0.4) is 0 Å². The van der Waals surface area contributed by atoms with E-state index in [2.05, 4.69) is 36.5 Å². The molecule has 2 amide bonds. The zero-order valence-electron chi connectivity index (χ0n) is 17.3. The summed E-state index contributed by atoms with van der Waals surface area (Å²) in [7, 11) is 0. The van der Waals surface area contributed by atoms with Gasteiger partial charge in [-0.3, -0.25) is 9.59 Å². The fourth-order valence-electron chi connectivity index (χ4n) is 3.44. The first-order valence-corrected chi connectivity index (χ1v) is 10.8. The van der Waals surface area contributed by atoms with Crippen molar-refractivity contribution in [3.8, 4) is 0 Å². The normalized spacial score (nSPS) is 11.7. The number of fused-ring (bicyclic) bond motifs is 1. The highest BCUT2D eigenvalue weighted by Crippen LogP contribution is 2.27. The number of aliphatic hydroxyl groups is 1. The fraction of sp³-hybridized carbons (Fsp3) is 0.0833. The first-order chi connectivity index (χ1) is 16.0. The molecule has 1 heterocycles. The van der Waals surface area contributed by atoms with E-state index in [9.17, 15) is 14.7 Å². The number of nitrogens with two attached hydrogens (primary N) is 1. The minimum absolute atomic E-state index is 0.231. The minimum Gasteiger partial charge on any atom is -0.394 e. The Labute approximate surface area is 198 Å². The summed E-state index contributed by atoms with van der Waals surface area (Å²) in [5.74, 6) is -0.376. The van der Waals surface area contributed by atoms with E-state index in [0.717, 1.165) is 10.0 Å². The third kappa shape index (κ3) is 5.00. The summed E-state index contributed by atoms with van der Waals surface area (Å²) < 4.78 is 0.887. The highest BCUT2D eigenvalue weighted by atomic mass is 79.9. The molecule has 0 saturated heterocycles. The Morgan fingerprint density at radius 1 is 1.03 bits per heavy atom. The third-order valence-corrected chi connectivity index (χ3v) is 5.61. The first kappa shape index (κ1) is 22.4. The number of benzene rings is 3. The Bertz CT molecular complexity index is 1330. The second-order valence-electron chi connectivity index (χ2n) is 7.25. The highest BCUT2D eigenvalue weighted by molar-refractivity contribution is 9.10. The molecule has 0 aliphatic rings. The molecule has 4 rings (SSSR count). The van der Waals surface area contributed by atoms with Crippen molar-refractivity contribution in [1.29, 1.82) is 0 Å². The Morgan fingerprint density at radius 2 is 1.79 bits per heavy atom. The van der Waals surface area contributed by atoms with Crippen molar-refractivity contribution in [2.75, 3.05) is 17.2 Å². The van der Waals surface area contributed by atoms with Gasteiger partial charge in [0, 0.05) is 21.1 Å². The van der Waals surface area contributed by atoms with E-state index < -0.39 is 11.9 Å². The predicted molar refractivity (Wildman–Crippen MR) is 130 cm³/mol. The van der Waals surface area contributed by atoms with E-state index in [0.29, 0.717) is 28.0 Å². The number of hydrogen-bond acceptors (Lipinski definition) is 6. The Morgan fingerprint density at radius 3 is 2.52 bits per heavy atom. The van der Waals surface area contributed by atoms with Gasteiger partial charge in [-0.05, 0) is 54.1 Å². The van der Waals surface area contributed by atoms with Gasteiger partial charge >= 0.3 is 0 Å².